The summed E-state index contributed by atoms with van der Waals surface area (Å²) in [6.45, 7) is 2.22. The largest absolute Gasteiger partial charge is 0.346 e. The van der Waals surface area contributed by atoms with Gasteiger partial charge in [-0.15, -0.1) is 0 Å². The Labute approximate surface area is 121 Å². The average Bonchev–Trinajstić information content (AvgIpc) is 2.93. The molecule has 3 aliphatic rings. The van der Waals surface area contributed by atoms with Crippen LogP contribution in [0.15, 0.2) is 30.3 Å². The summed E-state index contributed by atoms with van der Waals surface area (Å²) in [5.74, 6) is 0.582. The quantitative estimate of drug-likeness (QED) is 0.755. The maximum Gasteiger partial charge on any atom is 0.162 e. The molecule has 3 fully saturated rings. The highest BCUT2D eigenvalue weighted by molar-refractivity contribution is 5.23. The van der Waals surface area contributed by atoms with Crippen LogP contribution in [0.25, 0.3) is 0 Å². The second kappa shape index (κ2) is 4.57. The Balaban J connectivity index is 1.51. The molecule has 1 aliphatic carbocycles. The molecule has 1 aromatic rings. The van der Waals surface area contributed by atoms with E-state index < -0.39 is 0 Å². The average molecular weight is 272 g/mol. The third-order valence-electron chi connectivity index (χ3n) is 5.56. The Kier molecular flexibility index (Phi) is 2.94. The number of rotatable bonds is 1. The van der Waals surface area contributed by atoms with Crippen molar-refractivity contribution < 1.29 is 9.47 Å². The molecule has 1 saturated carbocycles. The molecule has 0 unspecified atom stereocenters. The van der Waals surface area contributed by atoms with Crippen LogP contribution in [0.3, 0.4) is 0 Å². The zero-order valence-corrected chi connectivity index (χ0v) is 12.3. The second-order valence-corrected chi connectivity index (χ2v) is 7.11. The summed E-state index contributed by atoms with van der Waals surface area (Å²) in [6.07, 6.45) is 8.85. The first-order valence-electron chi connectivity index (χ1n) is 8.10. The van der Waals surface area contributed by atoms with E-state index in [0.29, 0.717) is 5.92 Å². The second-order valence-electron chi connectivity index (χ2n) is 7.11. The van der Waals surface area contributed by atoms with Crippen molar-refractivity contribution in [1.82, 2.24) is 0 Å². The van der Waals surface area contributed by atoms with Crippen LogP contribution in [-0.4, -0.2) is 11.9 Å². The van der Waals surface area contributed by atoms with Crippen molar-refractivity contribution in [3.63, 3.8) is 0 Å². The molecule has 0 amide bonds. The van der Waals surface area contributed by atoms with Gasteiger partial charge in [-0.2, -0.15) is 0 Å². The van der Waals surface area contributed by atoms with Gasteiger partial charge in [0.1, 0.15) is 0 Å². The van der Waals surface area contributed by atoms with Gasteiger partial charge in [0.2, 0.25) is 0 Å². The Morgan fingerprint density at radius 3 is 2.40 bits per heavy atom. The maximum absolute atomic E-state index is 6.41. The van der Waals surface area contributed by atoms with Crippen LogP contribution in [0.4, 0.5) is 0 Å². The molecule has 0 N–H and O–H groups in total. The summed E-state index contributed by atoms with van der Waals surface area (Å²) in [7, 11) is 0. The van der Waals surface area contributed by atoms with Crippen LogP contribution >= 0.6 is 0 Å². The van der Waals surface area contributed by atoms with Crippen LogP contribution in [0, 0.1) is 5.92 Å². The maximum atomic E-state index is 6.41. The van der Waals surface area contributed by atoms with Gasteiger partial charge in [-0.25, -0.2) is 0 Å². The van der Waals surface area contributed by atoms with Crippen LogP contribution < -0.4 is 0 Å². The Hall–Kier alpha value is -0.860. The highest BCUT2D eigenvalue weighted by Gasteiger charge is 2.55. The van der Waals surface area contributed by atoms with Gasteiger partial charge in [0, 0.05) is 5.92 Å². The van der Waals surface area contributed by atoms with Gasteiger partial charge in [-0.05, 0) is 38.2 Å². The number of hydrogen-bond acceptors (Lipinski definition) is 2. The molecule has 0 aromatic heterocycles. The molecule has 2 saturated heterocycles. The molecule has 1 aromatic carbocycles. The molecule has 20 heavy (non-hydrogen) atoms. The molecule has 2 heterocycles. The monoisotopic (exact) mass is 272 g/mol. The first-order valence-corrected chi connectivity index (χ1v) is 8.10. The first kappa shape index (κ1) is 12.8. The molecule has 2 nitrogen and oxygen atoms in total. The first-order chi connectivity index (χ1) is 9.69. The zero-order valence-electron chi connectivity index (χ0n) is 12.3. The third kappa shape index (κ3) is 2.01. The fourth-order valence-electron chi connectivity index (χ4n) is 4.55. The van der Waals surface area contributed by atoms with E-state index in [2.05, 4.69) is 37.3 Å². The lowest BCUT2D eigenvalue weighted by atomic mass is 9.78. The van der Waals surface area contributed by atoms with E-state index in [-0.39, 0.29) is 17.5 Å². The van der Waals surface area contributed by atoms with Crippen molar-refractivity contribution in [3.05, 3.63) is 35.9 Å². The third-order valence-corrected chi connectivity index (χ3v) is 5.56. The van der Waals surface area contributed by atoms with Crippen LogP contribution in [0.1, 0.15) is 57.4 Å². The minimum atomic E-state index is -0.160. The van der Waals surface area contributed by atoms with Crippen molar-refractivity contribution >= 4 is 0 Å². The summed E-state index contributed by atoms with van der Waals surface area (Å²) in [5.41, 5.74) is 1.29. The lowest BCUT2D eigenvalue weighted by Crippen LogP contribution is -2.34. The normalized spacial score (nSPS) is 39.0. The van der Waals surface area contributed by atoms with Gasteiger partial charge in [0.25, 0.3) is 0 Å². The van der Waals surface area contributed by atoms with Gasteiger partial charge >= 0.3 is 0 Å². The van der Waals surface area contributed by atoms with Gasteiger partial charge in [0.05, 0.1) is 11.2 Å². The van der Waals surface area contributed by atoms with Crippen molar-refractivity contribution in [2.75, 3.05) is 0 Å². The summed E-state index contributed by atoms with van der Waals surface area (Å²) in [4.78, 5) is 0. The highest BCUT2D eigenvalue weighted by atomic mass is 16.7. The van der Waals surface area contributed by atoms with Crippen LogP contribution in [-0.2, 0) is 15.1 Å². The van der Waals surface area contributed by atoms with E-state index in [1.165, 1.54) is 44.1 Å². The molecular weight excluding hydrogens is 248 g/mol. The number of fused-ring (bicyclic) bond motifs is 1. The Morgan fingerprint density at radius 1 is 0.950 bits per heavy atom. The Morgan fingerprint density at radius 2 is 1.70 bits per heavy atom. The topological polar surface area (TPSA) is 18.5 Å². The summed E-state index contributed by atoms with van der Waals surface area (Å²) in [5, 5.41) is 0. The predicted octanol–water partition coefficient (Wildman–Crippen LogP) is 4.39. The van der Waals surface area contributed by atoms with E-state index in [4.69, 9.17) is 9.47 Å². The summed E-state index contributed by atoms with van der Waals surface area (Å²) < 4.78 is 12.8. The standard InChI is InChI=1S/C18H24O2/c1-17(15-8-4-2-5-9-15)12-14-13-18(20-16(14)19-17)10-6-3-7-11-18/h2,4-5,8-9,14,16H,3,6-7,10-13H2,1H3/t14-,16+,17-/m1/s1. The van der Waals surface area contributed by atoms with Crippen molar-refractivity contribution in [2.24, 2.45) is 5.92 Å². The molecule has 0 radical (unpaired) electrons. The minimum absolute atomic E-state index is 0.0262. The SMILES string of the molecule is C[C@]1(c2ccccc2)C[C@@H]2CC3(CCCCC3)O[C@@H]2O1. The highest BCUT2D eigenvalue weighted by Crippen LogP contribution is 2.54. The molecule has 108 valence electrons. The lowest BCUT2D eigenvalue weighted by Gasteiger charge is -2.35. The summed E-state index contributed by atoms with van der Waals surface area (Å²) in [6, 6.07) is 10.6. The zero-order chi connectivity index (χ0) is 13.6. The van der Waals surface area contributed by atoms with Crippen molar-refractivity contribution in [2.45, 2.75) is 69.4 Å². The molecule has 2 heteroatoms. The number of benzene rings is 1. The van der Waals surface area contributed by atoms with Gasteiger partial charge < -0.3 is 9.47 Å². The minimum Gasteiger partial charge on any atom is -0.346 e. The van der Waals surface area contributed by atoms with E-state index in [1.54, 1.807) is 0 Å². The predicted molar refractivity (Wildman–Crippen MR) is 78.3 cm³/mol. The number of hydrogen-bond donors (Lipinski definition) is 0. The van der Waals surface area contributed by atoms with Crippen molar-refractivity contribution in [3.8, 4) is 0 Å². The van der Waals surface area contributed by atoms with E-state index >= 15 is 0 Å². The fraction of sp³-hybridized carbons (Fsp3) is 0.667. The lowest BCUT2D eigenvalue weighted by molar-refractivity contribution is -0.205. The van der Waals surface area contributed by atoms with Crippen molar-refractivity contribution in [1.29, 1.82) is 0 Å². The smallest absolute Gasteiger partial charge is 0.162 e. The number of ether oxygens (including phenoxy) is 2. The van der Waals surface area contributed by atoms with Crippen LogP contribution in [0.5, 0.6) is 0 Å². The van der Waals surface area contributed by atoms with E-state index in [0.717, 1.165) is 6.42 Å². The molecular formula is C18H24O2. The van der Waals surface area contributed by atoms with Gasteiger partial charge in [0.15, 0.2) is 6.29 Å². The molecule has 2 aliphatic heterocycles. The van der Waals surface area contributed by atoms with Gasteiger partial charge in [-0.1, -0.05) is 49.6 Å². The molecule has 4 rings (SSSR count). The molecule has 0 bridgehead atoms. The van der Waals surface area contributed by atoms with E-state index in [1.807, 2.05) is 0 Å². The van der Waals surface area contributed by atoms with Crippen LogP contribution in [0.2, 0.25) is 0 Å². The Bertz CT molecular complexity index is 459. The van der Waals surface area contributed by atoms with E-state index in [9.17, 15) is 0 Å². The fourth-order valence-corrected chi connectivity index (χ4v) is 4.55. The van der Waals surface area contributed by atoms with Gasteiger partial charge in [-0.3, -0.25) is 0 Å². The summed E-state index contributed by atoms with van der Waals surface area (Å²) >= 11 is 0. The molecule has 1 spiro atoms. The molecule has 3 atom stereocenters.